The first kappa shape index (κ1) is 10.5. The average molecular weight is 242 g/mol. The van der Waals surface area contributed by atoms with Gasteiger partial charge in [0, 0.05) is 6.54 Å². The van der Waals surface area contributed by atoms with Gasteiger partial charge in [0.05, 0.1) is 0 Å². The van der Waals surface area contributed by atoms with Gasteiger partial charge in [0.25, 0.3) is 0 Å². The van der Waals surface area contributed by atoms with E-state index in [4.69, 9.17) is 5.26 Å². The number of rotatable bonds is 2. The van der Waals surface area contributed by atoms with Crippen molar-refractivity contribution in [1.29, 1.82) is 5.26 Å². The molecule has 0 N–H and O–H groups in total. The highest BCUT2D eigenvalue weighted by Crippen LogP contribution is 2.56. The van der Waals surface area contributed by atoms with Crippen molar-refractivity contribution in [2.45, 2.75) is 38.6 Å². The Balaban J connectivity index is 1.57. The smallest absolute Gasteiger partial charge is 0.234 e. The summed E-state index contributed by atoms with van der Waals surface area (Å²) in [4.78, 5) is 0. The lowest BCUT2D eigenvalue weighted by atomic mass is 9.52. The Morgan fingerprint density at radius 2 is 1.83 bits per heavy atom. The molecule has 4 bridgehead atoms. The first-order valence-corrected chi connectivity index (χ1v) is 7.11. The van der Waals surface area contributed by atoms with Crippen molar-refractivity contribution in [3.63, 3.8) is 0 Å². The van der Waals surface area contributed by atoms with Crippen LogP contribution in [0.2, 0.25) is 0 Å². The van der Waals surface area contributed by atoms with Crippen LogP contribution in [-0.2, 0) is 6.54 Å². The van der Waals surface area contributed by atoms with Crippen molar-refractivity contribution in [2.75, 3.05) is 0 Å². The minimum atomic E-state index is 0.476. The highest BCUT2D eigenvalue weighted by molar-refractivity contribution is 5.09. The summed E-state index contributed by atoms with van der Waals surface area (Å²) in [6.45, 7) is 0.963. The third-order valence-electron chi connectivity index (χ3n) is 5.55. The van der Waals surface area contributed by atoms with Crippen molar-refractivity contribution in [3.05, 3.63) is 12.2 Å². The van der Waals surface area contributed by atoms with E-state index in [1.165, 1.54) is 32.1 Å². The number of hydrogen-bond acceptors (Lipinski definition) is 3. The summed E-state index contributed by atoms with van der Waals surface area (Å²) in [6.07, 6.45) is 8.95. The molecule has 0 radical (unpaired) electrons. The Morgan fingerprint density at radius 1 is 1.17 bits per heavy atom. The van der Waals surface area contributed by atoms with Gasteiger partial charge in [0.1, 0.15) is 12.4 Å². The summed E-state index contributed by atoms with van der Waals surface area (Å²) >= 11 is 0. The monoisotopic (exact) mass is 242 g/mol. The molecule has 5 rings (SSSR count). The van der Waals surface area contributed by atoms with Crippen LogP contribution in [-0.4, -0.2) is 14.8 Å². The van der Waals surface area contributed by atoms with Crippen LogP contribution in [0.15, 0.2) is 6.33 Å². The van der Waals surface area contributed by atoms with Crippen LogP contribution in [0, 0.1) is 40.9 Å². The minimum absolute atomic E-state index is 0.476. The predicted octanol–water partition coefficient (Wildman–Crippen LogP) is 2.22. The third kappa shape index (κ3) is 1.50. The zero-order valence-corrected chi connectivity index (χ0v) is 10.5. The summed E-state index contributed by atoms with van der Waals surface area (Å²) < 4.78 is 1.97. The van der Waals surface area contributed by atoms with Gasteiger partial charge in [0.2, 0.25) is 5.82 Å². The van der Waals surface area contributed by atoms with E-state index in [9.17, 15) is 0 Å². The van der Waals surface area contributed by atoms with Gasteiger partial charge in [-0.2, -0.15) is 5.26 Å². The average Bonchev–Trinajstić information content (AvgIpc) is 2.80. The highest BCUT2D eigenvalue weighted by Gasteiger charge is 2.48. The molecule has 1 aromatic heterocycles. The molecule has 1 aromatic rings. The van der Waals surface area contributed by atoms with Crippen LogP contribution in [0.5, 0.6) is 0 Å². The summed E-state index contributed by atoms with van der Waals surface area (Å²) in [5.41, 5.74) is 0. The second-order valence-electron chi connectivity index (χ2n) is 6.51. The Kier molecular flexibility index (Phi) is 2.23. The van der Waals surface area contributed by atoms with E-state index < -0.39 is 0 Å². The molecule has 4 heteroatoms. The quantitative estimate of drug-likeness (QED) is 0.799. The van der Waals surface area contributed by atoms with Gasteiger partial charge in [-0.25, -0.2) is 0 Å². The lowest BCUT2D eigenvalue weighted by Crippen LogP contribution is -2.46. The molecule has 0 aromatic carbocycles. The van der Waals surface area contributed by atoms with E-state index in [0.717, 1.165) is 36.1 Å². The van der Waals surface area contributed by atoms with E-state index in [1.807, 2.05) is 4.57 Å². The largest absolute Gasteiger partial charge is 0.305 e. The number of aromatic nitrogens is 3. The van der Waals surface area contributed by atoms with Gasteiger partial charge >= 0.3 is 0 Å². The fourth-order valence-electron chi connectivity index (χ4n) is 5.04. The van der Waals surface area contributed by atoms with E-state index in [0.29, 0.717) is 5.82 Å². The van der Waals surface area contributed by atoms with Crippen LogP contribution < -0.4 is 0 Å². The van der Waals surface area contributed by atoms with Gasteiger partial charge in [-0.15, -0.1) is 10.2 Å². The molecule has 4 fully saturated rings. The molecular weight excluding hydrogens is 224 g/mol. The Bertz CT molecular complexity index is 470. The summed E-state index contributed by atoms with van der Waals surface area (Å²) in [6, 6.07) is 2.14. The van der Waals surface area contributed by atoms with Crippen LogP contribution in [0.1, 0.15) is 37.9 Å². The number of hydrogen-bond donors (Lipinski definition) is 0. The Hall–Kier alpha value is -1.37. The van der Waals surface area contributed by atoms with Gasteiger partial charge in [-0.3, -0.25) is 0 Å². The molecule has 4 nitrogen and oxygen atoms in total. The van der Waals surface area contributed by atoms with Crippen LogP contribution in [0.25, 0.3) is 0 Å². The van der Waals surface area contributed by atoms with Crippen LogP contribution >= 0.6 is 0 Å². The first-order chi connectivity index (χ1) is 8.83. The van der Waals surface area contributed by atoms with E-state index in [2.05, 4.69) is 16.3 Å². The Labute approximate surface area is 107 Å². The van der Waals surface area contributed by atoms with Crippen molar-refractivity contribution < 1.29 is 0 Å². The Morgan fingerprint density at radius 3 is 2.44 bits per heavy atom. The molecule has 0 spiro atoms. The molecule has 94 valence electrons. The topological polar surface area (TPSA) is 54.5 Å². The lowest BCUT2D eigenvalue weighted by Gasteiger charge is -2.54. The van der Waals surface area contributed by atoms with Crippen LogP contribution in [0.3, 0.4) is 0 Å². The molecule has 18 heavy (non-hydrogen) atoms. The number of nitrogens with zero attached hydrogens (tertiary/aromatic N) is 4. The molecule has 0 unspecified atom stereocenters. The van der Waals surface area contributed by atoms with Crippen LogP contribution in [0.4, 0.5) is 0 Å². The molecule has 0 atom stereocenters. The predicted molar refractivity (Wildman–Crippen MR) is 65.3 cm³/mol. The SMILES string of the molecule is N#Cc1nncn1CC1C2CC3CC(C2)CC1C3. The molecule has 0 aliphatic heterocycles. The fraction of sp³-hybridized carbons (Fsp3) is 0.786. The maximum absolute atomic E-state index is 9.02. The zero-order chi connectivity index (χ0) is 12.1. The first-order valence-electron chi connectivity index (χ1n) is 7.11. The summed E-state index contributed by atoms with van der Waals surface area (Å²) in [7, 11) is 0. The molecule has 4 aliphatic carbocycles. The second-order valence-corrected chi connectivity index (χ2v) is 6.51. The summed E-state index contributed by atoms with van der Waals surface area (Å²) in [5.74, 6) is 5.07. The molecule has 0 amide bonds. The van der Waals surface area contributed by atoms with Crippen molar-refractivity contribution in [2.24, 2.45) is 29.6 Å². The van der Waals surface area contributed by atoms with E-state index >= 15 is 0 Å². The van der Waals surface area contributed by atoms with Gasteiger partial charge in [-0.05, 0) is 61.7 Å². The molecule has 4 aliphatic rings. The third-order valence-corrected chi connectivity index (χ3v) is 5.55. The highest BCUT2D eigenvalue weighted by atomic mass is 15.3. The minimum Gasteiger partial charge on any atom is -0.305 e. The maximum atomic E-state index is 9.02. The van der Waals surface area contributed by atoms with Gasteiger partial charge < -0.3 is 4.57 Å². The normalized spacial score (nSPS) is 40.9. The fourth-order valence-corrected chi connectivity index (χ4v) is 5.04. The summed E-state index contributed by atoms with van der Waals surface area (Å²) in [5, 5.41) is 16.8. The van der Waals surface area contributed by atoms with Crippen molar-refractivity contribution in [3.8, 4) is 6.07 Å². The molecule has 1 heterocycles. The molecule has 0 saturated heterocycles. The van der Waals surface area contributed by atoms with E-state index in [1.54, 1.807) is 6.33 Å². The van der Waals surface area contributed by atoms with E-state index in [-0.39, 0.29) is 0 Å². The van der Waals surface area contributed by atoms with Gasteiger partial charge in [0.15, 0.2) is 0 Å². The van der Waals surface area contributed by atoms with Crippen molar-refractivity contribution >= 4 is 0 Å². The molecule has 4 saturated carbocycles. The maximum Gasteiger partial charge on any atom is 0.234 e. The van der Waals surface area contributed by atoms with Crippen molar-refractivity contribution in [1.82, 2.24) is 14.8 Å². The standard InChI is InChI=1S/C14H18N4/c15-6-14-17-16-8-18(14)7-13-11-2-9-1-10(4-11)5-12(13)3-9/h8-13H,1-5,7H2. The molecular formula is C14H18N4. The number of nitriles is 1. The zero-order valence-electron chi connectivity index (χ0n) is 10.5. The van der Waals surface area contributed by atoms with Gasteiger partial charge in [-0.1, -0.05) is 0 Å². The second kappa shape index (κ2) is 3.81. The lowest BCUT2D eigenvalue weighted by molar-refractivity contribution is -0.0431.